The van der Waals surface area contributed by atoms with Crippen LogP contribution in [0.25, 0.3) is 0 Å². The van der Waals surface area contributed by atoms with Gasteiger partial charge in [0.15, 0.2) is 5.78 Å². The van der Waals surface area contributed by atoms with E-state index in [1.807, 2.05) is 0 Å². The van der Waals surface area contributed by atoms with Crippen molar-refractivity contribution >= 4 is 36.9 Å². The number of hydrogen-bond donors (Lipinski definition) is 3. The van der Waals surface area contributed by atoms with Gasteiger partial charge in [-0.25, -0.2) is 0 Å². The minimum atomic E-state index is -0.474. The van der Waals surface area contributed by atoms with Gasteiger partial charge in [0, 0.05) is 17.4 Å². The molecule has 0 aromatic heterocycles. The lowest BCUT2D eigenvalue weighted by Gasteiger charge is -2.15. The molecule has 0 heterocycles. The summed E-state index contributed by atoms with van der Waals surface area (Å²) in [5.74, 6) is 0.410. The summed E-state index contributed by atoms with van der Waals surface area (Å²) in [7, 11) is 0. The molecule has 0 bridgehead atoms. The van der Waals surface area contributed by atoms with Gasteiger partial charge in [-0.2, -0.15) is 25.3 Å². The maximum absolute atomic E-state index is 11.3. The minimum absolute atomic E-state index is 0.0743. The summed E-state index contributed by atoms with van der Waals surface area (Å²) in [6, 6.07) is -0.474. The zero-order valence-corrected chi connectivity index (χ0v) is 9.57. The molecule has 0 spiro atoms. The Morgan fingerprint density at radius 1 is 1.31 bits per heavy atom. The smallest absolute Gasteiger partial charge is 0.224 e. The molecule has 0 aromatic carbocycles. The molecule has 5 heteroatoms. The highest BCUT2D eigenvalue weighted by Crippen LogP contribution is 1.99. The molecule has 1 amide bonds. The molecule has 3 nitrogen and oxygen atoms in total. The van der Waals surface area contributed by atoms with Crippen molar-refractivity contribution in [1.82, 2.24) is 5.32 Å². The summed E-state index contributed by atoms with van der Waals surface area (Å²) in [6.07, 6.45) is 0. The second kappa shape index (κ2) is 6.32. The third-order valence-corrected chi connectivity index (χ3v) is 2.62. The zero-order chi connectivity index (χ0) is 10.4. The van der Waals surface area contributed by atoms with E-state index in [9.17, 15) is 9.59 Å². The molecule has 0 aliphatic carbocycles. The van der Waals surface area contributed by atoms with Gasteiger partial charge in [0.2, 0.25) is 5.91 Å². The molecule has 0 radical (unpaired) electrons. The van der Waals surface area contributed by atoms with Gasteiger partial charge in [0.05, 0.1) is 6.04 Å². The van der Waals surface area contributed by atoms with Gasteiger partial charge in [0.25, 0.3) is 0 Å². The molecular weight excluding hydrogens is 206 g/mol. The summed E-state index contributed by atoms with van der Waals surface area (Å²) in [4.78, 5) is 22.2. The highest BCUT2D eigenvalue weighted by atomic mass is 32.1. The van der Waals surface area contributed by atoms with Crippen LogP contribution in [0, 0.1) is 5.92 Å². The molecule has 13 heavy (non-hydrogen) atoms. The van der Waals surface area contributed by atoms with Crippen LogP contribution in [-0.4, -0.2) is 29.2 Å². The van der Waals surface area contributed by atoms with E-state index in [1.165, 1.54) is 6.92 Å². The Balaban J connectivity index is 4.09. The van der Waals surface area contributed by atoms with Crippen molar-refractivity contribution in [3.05, 3.63) is 0 Å². The predicted octanol–water partition coefficient (Wildman–Crippen LogP) is 0.556. The molecule has 1 N–H and O–H groups in total. The molecule has 2 atom stereocenters. The summed E-state index contributed by atoms with van der Waals surface area (Å²) in [6.45, 7) is 3.20. The van der Waals surface area contributed by atoms with Gasteiger partial charge in [0.1, 0.15) is 0 Å². The van der Waals surface area contributed by atoms with E-state index in [1.54, 1.807) is 6.92 Å². The number of rotatable bonds is 5. The molecule has 0 aliphatic rings. The first-order chi connectivity index (χ1) is 6.02. The van der Waals surface area contributed by atoms with Crippen LogP contribution in [0.2, 0.25) is 0 Å². The van der Waals surface area contributed by atoms with Crippen molar-refractivity contribution in [1.29, 1.82) is 0 Å². The number of amides is 1. The summed E-state index contributed by atoms with van der Waals surface area (Å²) >= 11 is 7.97. The highest BCUT2D eigenvalue weighted by Gasteiger charge is 2.18. The van der Waals surface area contributed by atoms with Crippen LogP contribution >= 0.6 is 25.3 Å². The largest absolute Gasteiger partial charge is 0.345 e. The van der Waals surface area contributed by atoms with Gasteiger partial charge in [-0.05, 0) is 6.92 Å². The first kappa shape index (κ1) is 12.8. The maximum atomic E-state index is 11.3. The van der Waals surface area contributed by atoms with Crippen molar-refractivity contribution in [2.24, 2.45) is 5.92 Å². The number of carbonyl (C=O) groups excluding carboxylic acids is 2. The molecule has 0 unspecified atom stereocenters. The van der Waals surface area contributed by atoms with E-state index in [4.69, 9.17) is 0 Å². The maximum Gasteiger partial charge on any atom is 0.224 e. The van der Waals surface area contributed by atoms with Crippen molar-refractivity contribution in [3.63, 3.8) is 0 Å². The fourth-order valence-corrected chi connectivity index (χ4v) is 1.19. The number of ketones is 1. The van der Waals surface area contributed by atoms with Crippen molar-refractivity contribution in [2.75, 3.05) is 11.5 Å². The van der Waals surface area contributed by atoms with Crippen LogP contribution in [0.4, 0.5) is 0 Å². The summed E-state index contributed by atoms with van der Waals surface area (Å²) < 4.78 is 0. The Kier molecular flexibility index (Phi) is 6.24. The number of carbonyl (C=O) groups is 2. The monoisotopic (exact) mass is 221 g/mol. The molecule has 0 aliphatic heterocycles. The van der Waals surface area contributed by atoms with Crippen molar-refractivity contribution in [3.8, 4) is 0 Å². The molecular formula is C8H15NO2S2. The topological polar surface area (TPSA) is 46.2 Å². The zero-order valence-electron chi connectivity index (χ0n) is 7.78. The second-order valence-electron chi connectivity index (χ2n) is 2.94. The molecule has 0 aromatic rings. The van der Waals surface area contributed by atoms with Gasteiger partial charge >= 0.3 is 0 Å². The Hall–Kier alpha value is -0.160. The lowest BCUT2D eigenvalue weighted by atomic mass is 10.1. The van der Waals surface area contributed by atoms with Crippen LogP contribution in [0.3, 0.4) is 0 Å². The molecule has 76 valence electrons. The Bertz CT molecular complexity index is 197. The van der Waals surface area contributed by atoms with Gasteiger partial charge in [-0.3, -0.25) is 9.59 Å². The third kappa shape index (κ3) is 4.57. The highest BCUT2D eigenvalue weighted by molar-refractivity contribution is 7.80. The standard InChI is InChI=1S/C8H15NO2S2/c1-5(3-12)8(11)9-7(4-13)6(2)10/h5,7,12-13H,3-4H2,1-2H3,(H,9,11)/t5-,7+/m0/s1. The molecule has 0 fully saturated rings. The molecule has 0 rings (SSSR count). The molecule has 0 saturated heterocycles. The van der Waals surface area contributed by atoms with Crippen LogP contribution in [0.1, 0.15) is 13.8 Å². The van der Waals surface area contributed by atoms with E-state index in [0.29, 0.717) is 11.5 Å². The predicted molar refractivity (Wildman–Crippen MR) is 59.5 cm³/mol. The van der Waals surface area contributed by atoms with Crippen LogP contribution < -0.4 is 5.32 Å². The van der Waals surface area contributed by atoms with Gasteiger partial charge in [-0.1, -0.05) is 6.92 Å². The van der Waals surface area contributed by atoms with E-state index >= 15 is 0 Å². The average Bonchev–Trinajstić information content (AvgIpc) is 2.11. The van der Waals surface area contributed by atoms with Crippen LogP contribution in [-0.2, 0) is 9.59 Å². The Labute approximate surface area is 89.5 Å². The number of hydrogen-bond acceptors (Lipinski definition) is 4. The quantitative estimate of drug-likeness (QED) is 0.594. The lowest BCUT2D eigenvalue weighted by molar-refractivity contribution is -0.128. The Morgan fingerprint density at radius 3 is 2.15 bits per heavy atom. The van der Waals surface area contributed by atoms with E-state index in [2.05, 4.69) is 30.6 Å². The SMILES string of the molecule is CC(=O)[C@@H](CS)NC(=O)[C@@H](C)CS. The number of thiol groups is 2. The third-order valence-electron chi connectivity index (χ3n) is 1.71. The average molecular weight is 221 g/mol. The normalized spacial score (nSPS) is 14.8. The number of Topliss-reactive ketones (excluding diaryl/α,β-unsaturated/α-hetero) is 1. The minimum Gasteiger partial charge on any atom is -0.345 e. The number of nitrogens with one attached hydrogen (secondary N) is 1. The first-order valence-corrected chi connectivity index (χ1v) is 5.32. The van der Waals surface area contributed by atoms with E-state index in [0.717, 1.165) is 0 Å². The van der Waals surface area contributed by atoms with Crippen molar-refractivity contribution < 1.29 is 9.59 Å². The summed E-state index contributed by atoms with van der Waals surface area (Å²) in [5, 5.41) is 2.60. The van der Waals surface area contributed by atoms with Crippen LogP contribution in [0.15, 0.2) is 0 Å². The second-order valence-corrected chi connectivity index (χ2v) is 3.67. The van der Waals surface area contributed by atoms with E-state index in [-0.39, 0.29) is 17.6 Å². The fourth-order valence-electron chi connectivity index (χ4n) is 0.673. The first-order valence-electron chi connectivity index (χ1n) is 4.05. The Morgan fingerprint density at radius 2 is 1.85 bits per heavy atom. The lowest BCUT2D eigenvalue weighted by Crippen LogP contribution is -2.43. The van der Waals surface area contributed by atoms with Gasteiger partial charge in [-0.15, -0.1) is 0 Å². The van der Waals surface area contributed by atoms with Crippen LogP contribution in [0.5, 0.6) is 0 Å². The van der Waals surface area contributed by atoms with Crippen molar-refractivity contribution in [2.45, 2.75) is 19.9 Å². The van der Waals surface area contributed by atoms with E-state index < -0.39 is 6.04 Å². The molecule has 0 saturated carbocycles. The fraction of sp³-hybridized carbons (Fsp3) is 0.750. The van der Waals surface area contributed by atoms with Gasteiger partial charge < -0.3 is 5.32 Å². The summed E-state index contributed by atoms with van der Waals surface area (Å²) in [5.41, 5.74) is 0.